The number of hydrogen-bond donors (Lipinski definition) is 1. The number of carbonyl (C=O) groups excluding carboxylic acids is 1. The molecule has 6 nitrogen and oxygen atoms in total. The van der Waals surface area contributed by atoms with Crippen molar-refractivity contribution in [2.75, 3.05) is 25.5 Å². The molecule has 124 valence electrons. The van der Waals surface area contributed by atoms with Crippen molar-refractivity contribution in [1.29, 1.82) is 0 Å². The molecule has 2 aromatic rings. The van der Waals surface area contributed by atoms with Crippen LogP contribution in [0.25, 0.3) is 11.4 Å². The van der Waals surface area contributed by atoms with Gasteiger partial charge in [0.05, 0.1) is 12.4 Å². The van der Waals surface area contributed by atoms with E-state index in [0.717, 1.165) is 11.4 Å². The van der Waals surface area contributed by atoms with Gasteiger partial charge in [-0.2, -0.15) is 0 Å². The van der Waals surface area contributed by atoms with Crippen molar-refractivity contribution in [3.8, 4) is 11.4 Å². The van der Waals surface area contributed by atoms with E-state index in [1.54, 1.807) is 0 Å². The molecule has 0 saturated heterocycles. The van der Waals surface area contributed by atoms with Gasteiger partial charge in [-0.25, -0.2) is 0 Å². The summed E-state index contributed by atoms with van der Waals surface area (Å²) in [5.41, 5.74) is 0.928. The summed E-state index contributed by atoms with van der Waals surface area (Å²) < 4.78 is 7.03. The van der Waals surface area contributed by atoms with Gasteiger partial charge in [-0.15, -0.1) is 10.2 Å². The molecule has 8 heteroatoms. The molecule has 23 heavy (non-hydrogen) atoms. The van der Waals surface area contributed by atoms with E-state index in [1.807, 2.05) is 42.8 Å². The van der Waals surface area contributed by atoms with Gasteiger partial charge in [-0.1, -0.05) is 23.4 Å². The van der Waals surface area contributed by atoms with E-state index in [2.05, 4.69) is 15.5 Å². The predicted molar refractivity (Wildman–Crippen MR) is 91.7 cm³/mol. The number of nitrogens with zero attached hydrogens (tertiary/aromatic N) is 3. The Morgan fingerprint density at radius 2 is 2.09 bits per heavy atom. The number of amides is 1. The van der Waals surface area contributed by atoms with E-state index in [4.69, 9.17) is 16.3 Å². The average Bonchev–Trinajstić information content (AvgIpc) is 2.91. The first-order valence-electron chi connectivity index (χ1n) is 7.24. The molecule has 0 fully saturated rings. The SMILES string of the molecule is CCOCCNC(=O)CSc1nnc(-c2ccc(Cl)cc2)n1C. The first-order valence-corrected chi connectivity index (χ1v) is 8.60. The van der Waals surface area contributed by atoms with E-state index in [-0.39, 0.29) is 5.91 Å². The lowest BCUT2D eigenvalue weighted by atomic mass is 10.2. The first kappa shape index (κ1) is 17.8. The molecule has 0 radical (unpaired) electrons. The maximum absolute atomic E-state index is 11.7. The molecule has 0 spiro atoms. The van der Waals surface area contributed by atoms with Crippen LogP contribution in [0.15, 0.2) is 29.4 Å². The summed E-state index contributed by atoms with van der Waals surface area (Å²) in [5.74, 6) is 0.977. The van der Waals surface area contributed by atoms with Crippen LogP contribution in [-0.4, -0.2) is 46.2 Å². The highest BCUT2D eigenvalue weighted by atomic mass is 35.5. The lowest BCUT2D eigenvalue weighted by Gasteiger charge is -2.06. The van der Waals surface area contributed by atoms with Gasteiger partial charge >= 0.3 is 0 Å². The summed E-state index contributed by atoms with van der Waals surface area (Å²) in [4.78, 5) is 11.7. The standard InChI is InChI=1S/C15H19ClN4O2S/c1-3-22-9-8-17-13(21)10-23-15-19-18-14(20(15)2)11-4-6-12(16)7-5-11/h4-7H,3,8-10H2,1-2H3,(H,17,21). The molecular weight excluding hydrogens is 336 g/mol. The highest BCUT2D eigenvalue weighted by Crippen LogP contribution is 2.23. The molecule has 0 aliphatic heterocycles. The largest absolute Gasteiger partial charge is 0.380 e. The topological polar surface area (TPSA) is 69.0 Å². The normalized spacial score (nSPS) is 10.7. The molecule has 1 aromatic carbocycles. The third kappa shape index (κ3) is 5.23. The molecule has 1 amide bonds. The summed E-state index contributed by atoms with van der Waals surface area (Å²) in [5, 5.41) is 12.5. The van der Waals surface area contributed by atoms with Crippen LogP contribution in [0.5, 0.6) is 0 Å². The number of benzene rings is 1. The second-order valence-corrected chi connectivity index (χ2v) is 6.09. The fourth-order valence-corrected chi connectivity index (χ4v) is 2.75. The van der Waals surface area contributed by atoms with Crippen LogP contribution in [0.1, 0.15) is 6.92 Å². The molecule has 0 aliphatic rings. The third-order valence-electron chi connectivity index (χ3n) is 3.04. The van der Waals surface area contributed by atoms with E-state index >= 15 is 0 Å². The zero-order valence-corrected chi connectivity index (χ0v) is 14.7. The number of halogens is 1. The highest BCUT2D eigenvalue weighted by Gasteiger charge is 2.12. The number of thioether (sulfide) groups is 1. The number of aromatic nitrogens is 3. The lowest BCUT2D eigenvalue weighted by molar-refractivity contribution is -0.118. The summed E-state index contributed by atoms with van der Waals surface area (Å²) in [6, 6.07) is 7.40. The van der Waals surface area contributed by atoms with Crippen molar-refractivity contribution in [1.82, 2.24) is 20.1 Å². The Labute approximate surface area is 144 Å². The Kier molecular flexibility index (Phi) is 6.88. The monoisotopic (exact) mass is 354 g/mol. The van der Waals surface area contributed by atoms with Crippen LogP contribution in [0, 0.1) is 0 Å². The molecular formula is C15H19ClN4O2S. The highest BCUT2D eigenvalue weighted by molar-refractivity contribution is 7.99. The van der Waals surface area contributed by atoms with Crippen molar-refractivity contribution in [3.63, 3.8) is 0 Å². The van der Waals surface area contributed by atoms with Crippen molar-refractivity contribution in [2.24, 2.45) is 7.05 Å². The van der Waals surface area contributed by atoms with Gasteiger partial charge in [0, 0.05) is 30.8 Å². The van der Waals surface area contributed by atoms with Gasteiger partial charge in [-0.3, -0.25) is 4.79 Å². The van der Waals surface area contributed by atoms with E-state index in [0.29, 0.717) is 35.7 Å². The molecule has 1 N–H and O–H groups in total. The minimum atomic E-state index is -0.0502. The molecule has 1 aromatic heterocycles. The Morgan fingerprint density at radius 3 is 2.78 bits per heavy atom. The van der Waals surface area contributed by atoms with Gasteiger partial charge in [0.2, 0.25) is 5.91 Å². The zero-order chi connectivity index (χ0) is 16.7. The van der Waals surface area contributed by atoms with Crippen LogP contribution in [0.3, 0.4) is 0 Å². The van der Waals surface area contributed by atoms with Crippen molar-refractivity contribution >= 4 is 29.3 Å². The van der Waals surface area contributed by atoms with E-state index in [9.17, 15) is 4.79 Å². The maximum atomic E-state index is 11.7. The minimum absolute atomic E-state index is 0.0502. The molecule has 0 saturated carbocycles. The summed E-state index contributed by atoms with van der Waals surface area (Å²) in [6.45, 7) is 3.61. The summed E-state index contributed by atoms with van der Waals surface area (Å²) in [6.07, 6.45) is 0. The van der Waals surface area contributed by atoms with Gasteiger partial charge in [0.25, 0.3) is 0 Å². The maximum Gasteiger partial charge on any atom is 0.230 e. The van der Waals surface area contributed by atoms with Crippen LogP contribution in [0.4, 0.5) is 0 Å². The molecule has 0 unspecified atom stereocenters. The fourth-order valence-electron chi connectivity index (χ4n) is 1.88. The van der Waals surface area contributed by atoms with Crippen molar-refractivity contribution < 1.29 is 9.53 Å². The van der Waals surface area contributed by atoms with E-state index in [1.165, 1.54) is 11.8 Å². The Hall–Kier alpha value is -1.57. The van der Waals surface area contributed by atoms with Gasteiger partial charge in [-0.05, 0) is 31.2 Å². The Morgan fingerprint density at radius 1 is 1.35 bits per heavy atom. The fraction of sp³-hybridized carbons (Fsp3) is 0.400. The van der Waals surface area contributed by atoms with Gasteiger partial charge in [0.15, 0.2) is 11.0 Å². The number of rotatable bonds is 8. The second-order valence-electron chi connectivity index (χ2n) is 4.71. The second kappa shape index (κ2) is 8.90. The quantitative estimate of drug-likeness (QED) is 0.582. The lowest BCUT2D eigenvalue weighted by Crippen LogP contribution is -2.28. The Bertz CT molecular complexity index is 645. The van der Waals surface area contributed by atoms with Crippen LogP contribution < -0.4 is 5.32 Å². The van der Waals surface area contributed by atoms with Crippen LogP contribution >= 0.6 is 23.4 Å². The molecule has 0 aliphatic carbocycles. The third-order valence-corrected chi connectivity index (χ3v) is 4.31. The number of nitrogens with one attached hydrogen (secondary N) is 1. The number of hydrogen-bond acceptors (Lipinski definition) is 5. The number of ether oxygens (including phenoxy) is 1. The smallest absolute Gasteiger partial charge is 0.230 e. The summed E-state index contributed by atoms with van der Waals surface area (Å²) in [7, 11) is 1.87. The zero-order valence-electron chi connectivity index (χ0n) is 13.1. The Balaban J connectivity index is 1.89. The van der Waals surface area contributed by atoms with Crippen molar-refractivity contribution in [3.05, 3.63) is 29.3 Å². The van der Waals surface area contributed by atoms with Crippen LogP contribution in [-0.2, 0) is 16.6 Å². The van der Waals surface area contributed by atoms with E-state index < -0.39 is 0 Å². The predicted octanol–water partition coefficient (Wildman–Crippen LogP) is 2.38. The number of carbonyl (C=O) groups is 1. The van der Waals surface area contributed by atoms with Crippen molar-refractivity contribution in [2.45, 2.75) is 12.1 Å². The van der Waals surface area contributed by atoms with Gasteiger partial charge < -0.3 is 14.6 Å². The molecule has 1 heterocycles. The molecule has 2 rings (SSSR count). The first-order chi connectivity index (χ1) is 11.1. The minimum Gasteiger partial charge on any atom is -0.380 e. The summed E-state index contributed by atoms with van der Waals surface area (Å²) >= 11 is 7.24. The van der Waals surface area contributed by atoms with Crippen LogP contribution in [0.2, 0.25) is 5.02 Å². The van der Waals surface area contributed by atoms with Gasteiger partial charge in [0.1, 0.15) is 0 Å². The molecule has 0 atom stereocenters. The average molecular weight is 355 g/mol. The molecule has 0 bridgehead atoms.